The Morgan fingerprint density at radius 3 is 2.29 bits per heavy atom. The Kier molecular flexibility index (Phi) is 5.30. The second-order valence-corrected chi connectivity index (χ2v) is 4.37. The van der Waals surface area contributed by atoms with Crippen LogP contribution in [0.2, 0.25) is 0 Å². The molecule has 1 unspecified atom stereocenters. The van der Waals surface area contributed by atoms with Crippen molar-refractivity contribution in [2.75, 3.05) is 19.5 Å². The number of methoxy groups -OCH3 is 2. The highest BCUT2D eigenvalue weighted by atomic mass is 79.9. The molecule has 0 saturated carbocycles. The number of hydrogen-bond acceptors (Lipinski definition) is 3. The first-order valence-corrected chi connectivity index (χ1v) is 5.75. The first-order valence-electron chi connectivity index (χ1n) is 4.96. The SMILES string of the molecule is COC(OC)C(C)Nc1cc(F)c(Br)cc1F. The second kappa shape index (κ2) is 6.28. The third-order valence-electron chi connectivity index (χ3n) is 2.27. The minimum Gasteiger partial charge on any atom is -0.375 e. The number of ether oxygens (including phenoxy) is 2. The monoisotopic (exact) mass is 309 g/mol. The average molecular weight is 310 g/mol. The number of nitrogens with one attached hydrogen (secondary N) is 1. The molecule has 1 aromatic carbocycles. The van der Waals surface area contributed by atoms with Crippen LogP contribution >= 0.6 is 15.9 Å². The van der Waals surface area contributed by atoms with Crippen LogP contribution in [0, 0.1) is 11.6 Å². The summed E-state index contributed by atoms with van der Waals surface area (Å²) in [4.78, 5) is 0. The predicted octanol–water partition coefficient (Wildman–Crippen LogP) is 3.15. The van der Waals surface area contributed by atoms with Gasteiger partial charge in [0.05, 0.1) is 16.2 Å². The minimum atomic E-state index is -0.545. The van der Waals surface area contributed by atoms with Crippen molar-refractivity contribution in [2.45, 2.75) is 19.3 Å². The molecular formula is C11H14BrF2NO2. The third kappa shape index (κ3) is 3.62. The highest BCUT2D eigenvalue weighted by molar-refractivity contribution is 9.10. The van der Waals surface area contributed by atoms with E-state index in [1.807, 2.05) is 0 Å². The van der Waals surface area contributed by atoms with Crippen LogP contribution in [-0.2, 0) is 9.47 Å². The lowest BCUT2D eigenvalue weighted by Crippen LogP contribution is -2.34. The van der Waals surface area contributed by atoms with Crippen LogP contribution in [0.5, 0.6) is 0 Å². The van der Waals surface area contributed by atoms with E-state index in [4.69, 9.17) is 9.47 Å². The van der Waals surface area contributed by atoms with E-state index in [1.54, 1.807) is 6.92 Å². The second-order valence-electron chi connectivity index (χ2n) is 3.52. The zero-order valence-corrected chi connectivity index (χ0v) is 11.3. The summed E-state index contributed by atoms with van der Waals surface area (Å²) in [5.41, 5.74) is 0.0669. The molecule has 1 atom stereocenters. The van der Waals surface area contributed by atoms with Crippen molar-refractivity contribution in [1.29, 1.82) is 0 Å². The maximum absolute atomic E-state index is 13.5. The predicted molar refractivity (Wildman–Crippen MR) is 64.9 cm³/mol. The van der Waals surface area contributed by atoms with Crippen LogP contribution in [-0.4, -0.2) is 26.6 Å². The zero-order valence-electron chi connectivity index (χ0n) is 9.76. The minimum absolute atomic E-state index is 0.0669. The number of hydrogen-bond donors (Lipinski definition) is 1. The van der Waals surface area contributed by atoms with E-state index in [0.717, 1.165) is 12.1 Å². The molecule has 1 aromatic rings. The van der Waals surface area contributed by atoms with E-state index in [1.165, 1.54) is 14.2 Å². The van der Waals surface area contributed by atoms with E-state index < -0.39 is 17.9 Å². The highest BCUT2D eigenvalue weighted by Crippen LogP contribution is 2.24. The van der Waals surface area contributed by atoms with Crippen LogP contribution in [0.25, 0.3) is 0 Å². The lowest BCUT2D eigenvalue weighted by molar-refractivity contribution is -0.109. The van der Waals surface area contributed by atoms with Crippen molar-refractivity contribution >= 4 is 21.6 Å². The normalized spacial score (nSPS) is 12.9. The summed E-state index contributed by atoms with van der Waals surface area (Å²) in [6.45, 7) is 1.75. The Hall–Kier alpha value is -0.720. The van der Waals surface area contributed by atoms with Gasteiger partial charge in [-0.05, 0) is 28.9 Å². The molecule has 0 amide bonds. The van der Waals surface area contributed by atoms with Gasteiger partial charge in [0.25, 0.3) is 0 Å². The number of halogens is 3. The maximum atomic E-state index is 13.5. The molecule has 1 rings (SSSR count). The smallest absolute Gasteiger partial charge is 0.176 e. The number of anilines is 1. The molecule has 17 heavy (non-hydrogen) atoms. The fourth-order valence-electron chi connectivity index (χ4n) is 1.45. The molecule has 0 bridgehead atoms. The molecule has 0 heterocycles. The molecule has 0 aliphatic carbocycles. The number of rotatable bonds is 5. The van der Waals surface area contributed by atoms with Gasteiger partial charge in [-0.1, -0.05) is 0 Å². The maximum Gasteiger partial charge on any atom is 0.176 e. The fraction of sp³-hybridized carbons (Fsp3) is 0.455. The molecule has 0 aliphatic rings. The van der Waals surface area contributed by atoms with Crippen LogP contribution in [0.1, 0.15) is 6.92 Å². The largest absolute Gasteiger partial charge is 0.375 e. The topological polar surface area (TPSA) is 30.5 Å². The van der Waals surface area contributed by atoms with E-state index in [-0.39, 0.29) is 16.2 Å². The van der Waals surface area contributed by atoms with Gasteiger partial charge in [-0.15, -0.1) is 0 Å². The molecule has 0 radical (unpaired) electrons. The Balaban J connectivity index is 2.84. The van der Waals surface area contributed by atoms with Gasteiger partial charge in [-0.2, -0.15) is 0 Å². The quantitative estimate of drug-likeness (QED) is 0.669. The molecule has 96 valence electrons. The summed E-state index contributed by atoms with van der Waals surface area (Å²) in [5, 5.41) is 2.79. The first-order chi connectivity index (χ1) is 7.99. The molecular weight excluding hydrogens is 296 g/mol. The summed E-state index contributed by atoms with van der Waals surface area (Å²) in [6, 6.07) is 1.83. The molecule has 0 aromatic heterocycles. The van der Waals surface area contributed by atoms with E-state index in [9.17, 15) is 8.78 Å². The van der Waals surface area contributed by atoms with Crippen molar-refractivity contribution in [3.63, 3.8) is 0 Å². The Labute approximate surface area is 107 Å². The average Bonchev–Trinajstić information content (AvgIpc) is 2.27. The van der Waals surface area contributed by atoms with E-state index in [0.29, 0.717) is 0 Å². The lowest BCUT2D eigenvalue weighted by Gasteiger charge is -2.23. The molecule has 1 N–H and O–H groups in total. The molecule has 6 heteroatoms. The Bertz CT molecular complexity index is 386. The Morgan fingerprint density at radius 1 is 1.18 bits per heavy atom. The van der Waals surface area contributed by atoms with Gasteiger partial charge in [0.2, 0.25) is 0 Å². The fourth-order valence-corrected chi connectivity index (χ4v) is 1.77. The summed E-state index contributed by atoms with van der Waals surface area (Å²) in [5.74, 6) is -1.08. The first kappa shape index (κ1) is 14.3. The van der Waals surface area contributed by atoms with E-state index in [2.05, 4.69) is 21.2 Å². The van der Waals surface area contributed by atoms with Gasteiger partial charge in [0.15, 0.2) is 6.29 Å². The van der Waals surface area contributed by atoms with Gasteiger partial charge in [-0.3, -0.25) is 0 Å². The van der Waals surface area contributed by atoms with Crippen LogP contribution in [0.3, 0.4) is 0 Å². The summed E-state index contributed by atoms with van der Waals surface area (Å²) < 4.78 is 36.9. The van der Waals surface area contributed by atoms with Crippen molar-refractivity contribution in [1.82, 2.24) is 0 Å². The van der Waals surface area contributed by atoms with Crippen molar-refractivity contribution in [3.8, 4) is 0 Å². The summed E-state index contributed by atoms with van der Waals surface area (Å²) in [6.07, 6.45) is -0.541. The lowest BCUT2D eigenvalue weighted by atomic mass is 10.2. The zero-order chi connectivity index (χ0) is 13.0. The van der Waals surface area contributed by atoms with E-state index >= 15 is 0 Å². The molecule has 0 spiro atoms. The van der Waals surface area contributed by atoms with Gasteiger partial charge >= 0.3 is 0 Å². The van der Waals surface area contributed by atoms with Crippen LogP contribution < -0.4 is 5.32 Å². The third-order valence-corrected chi connectivity index (χ3v) is 2.87. The molecule has 0 fully saturated rings. The van der Waals surface area contributed by atoms with Gasteiger partial charge in [-0.25, -0.2) is 8.78 Å². The molecule has 3 nitrogen and oxygen atoms in total. The standard InChI is InChI=1S/C11H14BrF2NO2/c1-6(11(16-2)17-3)15-10-5-8(13)7(12)4-9(10)14/h4-6,11,15H,1-3H3. The van der Waals surface area contributed by atoms with Gasteiger partial charge in [0, 0.05) is 20.3 Å². The Morgan fingerprint density at radius 2 is 1.76 bits per heavy atom. The van der Waals surface area contributed by atoms with Crippen LogP contribution in [0.15, 0.2) is 16.6 Å². The summed E-state index contributed by atoms with van der Waals surface area (Å²) >= 11 is 2.91. The number of benzene rings is 1. The van der Waals surface area contributed by atoms with Crippen LogP contribution in [0.4, 0.5) is 14.5 Å². The molecule has 0 aliphatic heterocycles. The summed E-state index contributed by atoms with van der Waals surface area (Å²) in [7, 11) is 2.95. The molecule has 0 saturated heterocycles. The van der Waals surface area contributed by atoms with Gasteiger partial charge < -0.3 is 14.8 Å². The highest BCUT2D eigenvalue weighted by Gasteiger charge is 2.18. The van der Waals surface area contributed by atoms with Gasteiger partial charge in [0.1, 0.15) is 11.6 Å². The van der Waals surface area contributed by atoms with Crippen molar-refractivity contribution in [3.05, 3.63) is 28.2 Å². The van der Waals surface area contributed by atoms with Crippen molar-refractivity contribution < 1.29 is 18.3 Å². The van der Waals surface area contributed by atoms with Crippen molar-refractivity contribution in [2.24, 2.45) is 0 Å².